The molecule has 0 radical (unpaired) electrons. The summed E-state index contributed by atoms with van der Waals surface area (Å²) in [7, 11) is 0. The Kier molecular flexibility index (Phi) is 7.37. The summed E-state index contributed by atoms with van der Waals surface area (Å²) >= 11 is 0. The zero-order valence-electron chi connectivity index (χ0n) is 21.0. The molecule has 0 aliphatic carbocycles. The molecule has 1 heterocycles. The number of nitrogens with zero attached hydrogens (tertiary/aromatic N) is 2. The Balaban J connectivity index is 1.45. The summed E-state index contributed by atoms with van der Waals surface area (Å²) in [5, 5.41) is 22.2. The van der Waals surface area contributed by atoms with Crippen molar-refractivity contribution in [1.29, 1.82) is 5.26 Å². The number of fused-ring (bicyclic) bond motifs is 1. The molecule has 3 aromatic carbocycles. The van der Waals surface area contributed by atoms with Crippen molar-refractivity contribution in [3.05, 3.63) is 71.3 Å². The number of carbonyl (C=O) groups excluding carboxylic acids is 1. The lowest BCUT2D eigenvalue weighted by atomic mass is 9.96. The Morgan fingerprint density at radius 2 is 1.86 bits per heavy atom. The van der Waals surface area contributed by atoms with Gasteiger partial charge in [-0.15, -0.1) is 0 Å². The highest BCUT2D eigenvalue weighted by molar-refractivity contribution is 5.84. The van der Waals surface area contributed by atoms with Crippen LogP contribution in [0.25, 0.3) is 10.8 Å². The second-order valence-corrected chi connectivity index (χ2v) is 10.3. The van der Waals surface area contributed by atoms with Crippen molar-refractivity contribution in [2.75, 3.05) is 18.8 Å². The van der Waals surface area contributed by atoms with Crippen molar-refractivity contribution in [2.24, 2.45) is 0 Å². The van der Waals surface area contributed by atoms with Gasteiger partial charge in [-0.25, -0.2) is 4.79 Å². The number of ether oxygens (including phenoxy) is 2. The van der Waals surface area contributed by atoms with Gasteiger partial charge in [0, 0.05) is 43.6 Å². The van der Waals surface area contributed by atoms with Crippen molar-refractivity contribution in [3.8, 4) is 11.8 Å². The first-order chi connectivity index (χ1) is 17.1. The molecule has 1 aliphatic heterocycles. The number of carbonyl (C=O) groups is 1. The number of hydrogen-bond acceptors (Lipinski definition) is 6. The van der Waals surface area contributed by atoms with Crippen LogP contribution in [0, 0.1) is 11.3 Å². The van der Waals surface area contributed by atoms with Gasteiger partial charge in [-0.1, -0.05) is 24.3 Å². The quantitative estimate of drug-likeness (QED) is 0.470. The van der Waals surface area contributed by atoms with E-state index in [-0.39, 0.29) is 12.2 Å². The summed E-state index contributed by atoms with van der Waals surface area (Å²) in [4.78, 5) is 14.1. The number of piperidine rings is 1. The second-order valence-electron chi connectivity index (χ2n) is 10.3. The minimum Gasteiger partial charge on any atom is -0.490 e. The summed E-state index contributed by atoms with van der Waals surface area (Å²) in [5.74, 6) is 0.650. The fourth-order valence-corrected chi connectivity index (χ4v) is 4.43. The highest BCUT2D eigenvalue weighted by Gasteiger charge is 2.28. The van der Waals surface area contributed by atoms with Crippen LogP contribution in [0.3, 0.4) is 0 Å². The second kappa shape index (κ2) is 10.5. The van der Waals surface area contributed by atoms with Gasteiger partial charge in [0.05, 0.1) is 17.7 Å². The van der Waals surface area contributed by atoms with E-state index in [0.29, 0.717) is 49.4 Å². The number of rotatable bonds is 5. The lowest BCUT2D eigenvalue weighted by Gasteiger charge is -2.34. The van der Waals surface area contributed by atoms with E-state index in [1.54, 1.807) is 17.0 Å². The van der Waals surface area contributed by atoms with Crippen LogP contribution in [0.15, 0.2) is 54.6 Å². The van der Waals surface area contributed by atoms with Crippen molar-refractivity contribution in [3.63, 3.8) is 0 Å². The van der Waals surface area contributed by atoms with Crippen LogP contribution in [-0.2, 0) is 11.2 Å². The van der Waals surface area contributed by atoms with Crippen molar-refractivity contribution in [1.82, 2.24) is 4.90 Å². The normalized spacial score (nSPS) is 15.4. The van der Waals surface area contributed by atoms with Crippen LogP contribution in [0.4, 0.5) is 10.5 Å². The Morgan fingerprint density at radius 3 is 2.56 bits per heavy atom. The fourth-order valence-electron chi connectivity index (χ4n) is 4.43. The van der Waals surface area contributed by atoms with Crippen LogP contribution in [-0.4, -0.2) is 40.9 Å². The monoisotopic (exact) mass is 487 g/mol. The molecule has 0 saturated carbocycles. The third kappa shape index (κ3) is 6.07. The first-order valence-electron chi connectivity index (χ1n) is 12.3. The van der Waals surface area contributed by atoms with Crippen LogP contribution in [0.2, 0.25) is 0 Å². The zero-order valence-corrected chi connectivity index (χ0v) is 21.0. The lowest BCUT2D eigenvalue weighted by molar-refractivity contribution is 0.0125. The standard InChI is InChI=1S/C29H33N3O4/c1-29(2,3)36-28(34)32-13-11-23(12-14-32)35-27-6-4-5-25(31)24(27)17-26(33)21-10-9-20-8-7-19(18-30)15-22(20)16-21/h4-10,15-16,23,26,33H,11-14,17,31H2,1-3H3. The smallest absolute Gasteiger partial charge is 0.410 e. The van der Waals surface area contributed by atoms with Gasteiger partial charge in [0.25, 0.3) is 0 Å². The number of nitriles is 1. The molecule has 7 nitrogen and oxygen atoms in total. The lowest BCUT2D eigenvalue weighted by Crippen LogP contribution is -2.44. The maximum atomic E-state index is 12.4. The number of anilines is 1. The molecule has 0 spiro atoms. The fraction of sp³-hybridized carbons (Fsp3) is 0.379. The average Bonchev–Trinajstić information content (AvgIpc) is 2.84. The summed E-state index contributed by atoms with van der Waals surface area (Å²) in [5.41, 5.74) is 8.42. The summed E-state index contributed by atoms with van der Waals surface area (Å²) in [6.07, 6.45) is 0.505. The Bertz CT molecular complexity index is 1280. The van der Waals surface area contributed by atoms with Gasteiger partial charge in [0.2, 0.25) is 0 Å². The van der Waals surface area contributed by atoms with E-state index < -0.39 is 11.7 Å². The first-order valence-corrected chi connectivity index (χ1v) is 12.3. The third-order valence-electron chi connectivity index (χ3n) is 6.33. The van der Waals surface area contributed by atoms with Crippen LogP contribution >= 0.6 is 0 Å². The molecule has 1 saturated heterocycles. The molecule has 36 heavy (non-hydrogen) atoms. The number of hydrogen-bond donors (Lipinski definition) is 2. The molecule has 188 valence electrons. The molecule has 1 atom stereocenters. The van der Waals surface area contributed by atoms with Gasteiger partial charge in [0.1, 0.15) is 17.5 Å². The number of nitrogen functional groups attached to an aromatic ring is 1. The minimum atomic E-state index is -0.791. The maximum absolute atomic E-state index is 12.4. The molecule has 3 aromatic rings. The highest BCUT2D eigenvalue weighted by Crippen LogP contribution is 2.33. The Hall–Kier alpha value is -3.76. The van der Waals surface area contributed by atoms with Crippen molar-refractivity contribution in [2.45, 2.75) is 57.8 Å². The maximum Gasteiger partial charge on any atom is 0.410 e. The molecule has 1 aliphatic rings. The number of aliphatic hydroxyl groups excluding tert-OH is 1. The molecule has 3 N–H and O–H groups in total. The first kappa shape index (κ1) is 25.3. The molecular weight excluding hydrogens is 454 g/mol. The van der Waals surface area contributed by atoms with Gasteiger partial charge in [0.15, 0.2) is 0 Å². The van der Waals surface area contributed by atoms with Gasteiger partial charge < -0.3 is 25.2 Å². The molecule has 4 rings (SSSR count). The zero-order chi connectivity index (χ0) is 25.9. The van der Waals surface area contributed by atoms with Gasteiger partial charge in [-0.3, -0.25) is 0 Å². The van der Waals surface area contributed by atoms with Crippen LogP contribution in [0.5, 0.6) is 5.75 Å². The summed E-state index contributed by atoms with van der Waals surface area (Å²) in [6.45, 7) is 6.69. The SMILES string of the molecule is CC(C)(C)OC(=O)N1CCC(Oc2cccc(N)c2CC(O)c2ccc3ccc(C#N)cc3c2)CC1. The number of benzene rings is 3. The van der Waals surface area contributed by atoms with Crippen LogP contribution < -0.4 is 10.5 Å². The number of nitrogens with two attached hydrogens (primary N) is 1. The third-order valence-corrected chi connectivity index (χ3v) is 6.33. The average molecular weight is 488 g/mol. The van der Waals surface area contributed by atoms with Crippen molar-refractivity contribution >= 4 is 22.6 Å². The predicted molar refractivity (Wildman–Crippen MR) is 140 cm³/mol. The van der Waals surface area contributed by atoms with E-state index in [1.165, 1.54) is 0 Å². The van der Waals surface area contributed by atoms with Gasteiger partial charge in [-0.05, 0) is 67.4 Å². The molecule has 7 heteroatoms. The molecule has 0 bridgehead atoms. The Labute approximate surface area is 212 Å². The van der Waals surface area contributed by atoms with Gasteiger partial charge >= 0.3 is 6.09 Å². The minimum absolute atomic E-state index is 0.0635. The largest absolute Gasteiger partial charge is 0.490 e. The van der Waals surface area contributed by atoms with E-state index >= 15 is 0 Å². The van der Waals surface area contributed by atoms with E-state index in [4.69, 9.17) is 15.2 Å². The molecular formula is C29H33N3O4. The topological polar surface area (TPSA) is 109 Å². The molecule has 1 amide bonds. The van der Waals surface area contributed by atoms with E-state index in [2.05, 4.69) is 6.07 Å². The van der Waals surface area contributed by atoms with E-state index in [9.17, 15) is 15.2 Å². The highest BCUT2D eigenvalue weighted by atomic mass is 16.6. The van der Waals surface area contributed by atoms with Gasteiger partial charge in [-0.2, -0.15) is 5.26 Å². The molecule has 0 aromatic heterocycles. The molecule has 1 unspecified atom stereocenters. The predicted octanol–water partition coefficient (Wildman–Crippen LogP) is 5.35. The number of likely N-dealkylation sites (tertiary alicyclic amines) is 1. The van der Waals surface area contributed by atoms with Crippen molar-refractivity contribution < 1.29 is 19.4 Å². The summed E-state index contributed by atoms with van der Waals surface area (Å²) in [6, 6.07) is 18.9. The number of amides is 1. The summed E-state index contributed by atoms with van der Waals surface area (Å²) < 4.78 is 11.8. The Morgan fingerprint density at radius 1 is 1.14 bits per heavy atom. The van der Waals surface area contributed by atoms with E-state index in [1.807, 2.05) is 63.2 Å². The van der Waals surface area contributed by atoms with E-state index in [0.717, 1.165) is 21.9 Å². The van der Waals surface area contributed by atoms with Crippen LogP contribution in [0.1, 0.15) is 56.4 Å². The molecule has 1 fully saturated rings. The number of aliphatic hydroxyl groups is 1.